The van der Waals surface area contributed by atoms with E-state index < -0.39 is 83.7 Å². The molecule has 2 aromatic carbocycles. The number of unbranched alkanes of at least 4 members (excludes halogenated alkanes) is 1. The van der Waals surface area contributed by atoms with Gasteiger partial charge in [0.1, 0.15) is 30.2 Å². The van der Waals surface area contributed by atoms with Crippen LogP contribution in [0.1, 0.15) is 96.6 Å². The van der Waals surface area contributed by atoms with E-state index in [4.69, 9.17) is 22.9 Å². The number of carboxylic acid groups (broad SMARTS) is 1. The van der Waals surface area contributed by atoms with Gasteiger partial charge in [-0.05, 0) is 100 Å². The van der Waals surface area contributed by atoms with Crippen LogP contribution >= 0.6 is 0 Å². The SMILES string of the molecule is CC(C)C[C@@H](N)C(=O)N[C@H](CCCN)C(=O)N[C@@H](CCCCNC(=O)[C@@H](CCCN)NC(=O)[C@@H](CC(C)C)NC(=O)[C@@H](Cc1ccccc1)NC(=O)[C@H](N)Cc1ccccc1)C(=O)O. The Bertz CT molecular complexity index is 1750. The lowest BCUT2D eigenvalue weighted by Gasteiger charge is -2.27. The second-order valence-electron chi connectivity index (χ2n) is 17.1. The molecule has 18 heteroatoms. The third kappa shape index (κ3) is 21.3. The lowest BCUT2D eigenvalue weighted by molar-refractivity contribution is -0.142. The number of benzene rings is 2. The number of hydrogen-bond donors (Lipinski definition) is 11. The molecule has 2 aromatic rings. The van der Waals surface area contributed by atoms with Gasteiger partial charge in [0.25, 0.3) is 0 Å². The molecule has 0 saturated carbocycles. The smallest absolute Gasteiger partial charge is 0.326 e. The first-order valence-electron chi connectivity index (χ1n) is 22.5. The number of nitrogens with one attached hydrogen (secondary N) is 6. The molecule has 15 N–H and O–H groups in total. The summed E-state index contributed by atoms with van der Waals surface area (Å²) in [6.45, 7) is 8.26. The zero-order chi connectivity index (χ0) is 47.6. The van der Waals surface area contributed by atoms with E-state index >= 15 is 0 Å². The summed E-state index contributed by atoms with van der Waals surface area (Å²) in [5.74, 6) is -4.52. The lowest BCUT2D eigenvalue weighted by Crippen LogP contribution is -2.58. The molecule has 7 atom stereocenters. The predicted molar refractivity (Wildman–Crippen MR) is 246 cm³/mol. The molecule has 0 aromatic heterocycles. The van der Waals surface area contributed by atoms with Crippen molar-refractivity contribution in [3.8, 4) is 0 Å². The highest BCUT2D eigenvalue weighted by Gasteiger charge is 2.32. The van der Waals surface area contributed by atoms with Crippen LogP contribution in [-0.4, -0.2) is 108 Å². The average molecular weight is 895 g/mol. The molecule has 18 nitrogen and oxygen atoms in total. The Kier molecular flexibility index (Phi) is 25.5. The number of carbonyl (C=O) groups is 7. The molecule has 64 heavy (non-hydrogen) atoms. The molecule has 0 bridgehead atoms. The molecule has 356 valence electrons. The minimum Gasteiger partial charge on any atom is -0.480 e. The van der Waals surface area contributed by atoms with Crippen molar-refractivity contribution in [1.29, 1.82) is 0 Å². The van der Waals surface area contributed by atoms with Gasteiger partial charge < -0.3 is 59.9 Å². The molecule has 0 unspecified atom stereocenters. The van der Waals surface area contributed by atoms with Gasteiger partial charge in [-0.3, -0.25) is 28.8 Å². The maximum Gasteiger partial charge on any atom is 0.326 e. The van der Waals surface area contributed by atoms with Gasteiger partial charge in [-0.25, -0.2) is 4.79 Å². The van der Waals surface area contributed by atoms with Crippen LogP contribution in [0.4, 0.5) is 0 Å². The number of nitrogens with two attached hydrogens (primary N) is 4. The Balaban J connectivity index is 2.08. The van der Waals surface area contributed by atoms with Crippen molar-refractivity contribution in [2.45, 2.75) is 141 Å². The molecule has 0 aliphatic carbocycles. The Labute approximate surface area is 377 Å². The molecular weight excluding hydrogens is 821 g/mol. The fourth-order valence-corrected chi connectivity index (χ4v) is 6.96. The molecule has 6 amide bonds. The Morgan fingerprint density at radius 3 is 1.44 bits per heavy atom. The molecule has 0 fully saturated rings. The highest BCUT2D eigenvalue weighted by molar-refractivity contribution is 5.95. The van der Waals surface area contributed by atoms with Crippen molar-refractivity contribution in [1.82, 2.24) is 31.9 Å². The van der Waals surface area contributed by atoms with Gasteiger partial charge >= 0.3 is 5.97 Å². The minimum absolute atomic E-state index is 0.0377. The van der Waals surface area contributed by atoms with Crippen molar-refractivity contribution >= 4 is 41.4 Å². The summed E-state index contributed by atoms with van der Waals surface area (Å²) < 4.78 is 0. The van der Waals surface area contributed by atoms with E-state index in [1.807, 2.05) is 88.4 Å². The van der Waals surface area contributed by atoms with E-state index in [0.717, 1.165) is 11.1 Å². The van der Waals surface area contributed by atoms with E-state index in [2.05, 4.69) is 31.9 Å². The summed E-state index contributed by atoms with van der Waals surface area (Å²) in [5, 5.41) is 26.2. The summed E-state index contributed by atoms with van der Waals surface area (Å²) in [6.07, 6.45) is 2.94. The minimum atomic E-state index is -1.26. The van der Waals surface area contributed by atoms with Crippen molar-refractivity contribution < 1.29 is 38.7 Å². The van der Waals surface area contributed by atoms with Crippen LogP contribution in [0.15, 0.2) is 60.7 Å². The zero-order valence-corrected chi connectivity index (χ0v) is 38.0. The van der Waals surface area contributed by atoms with Crippen molar-refractivity contribution in [2.75, 3.05) is 19.6 Å². The quantitative estimate of drug-likeness (QED) is 0.0461. The maximum absolute atomic E-state index is 13.9. The monoisotopic (exact) mass is 895 g/mol. The Hall–Kier alpha value is -5.43. The summed E-state index contributed by atoms with van der Waals surface area (Å²) in [4.78, 5) is 92.6. The van der Waals surface area contributed by atoms with E-state index in [1.165, 1.54) is 0 Å². The van der Waals surface area contributed by atoms with Crippen molar-refractivity contribution in [3.05, 3.63) is 71.8 Å². The number of carbonyl (C=O) groups excluding carboxylic acids is 6. The molecule has 0 saturated heterocycles. The first kappa shape index (κ1) is 54.7. The second-order valence-corrected chi connectivity index (χ2v) is 17.1. The van der Waals surface area contributed by atoms with Crippen LogP contribution in [0.2, 0.25) is 0 Å². The second kappa shape index (κ2) is 29.8. The third-order valence-electron chi connectivity index (χ3n) is 10.4. The summed E-state index contributed by atoms with van der Waals surface area (Å²) in [7, 11) is 0. The predicted octanol–water partition coefficient (Wildman–Crippen LogP) is 0.491. The molecule has 2 rings (SSSR count). The molecule has 0 heterocycles. The lowest BCUT2D eigenvalue weighted by atomic mass is 10.00. The number of rotatable bonds is 31. The zero-order valence-electron chi connectivity index (χ0n) is 38.0. The van der Waals surface area contributed by atoms with Crippen LogP contribution in [0.25, 0.3) is 0 Å². The first-order valence-corrected chi connectivity index (χ1v) is 22.5. The summed E-state index contributed by atoms with van der Waals surface area (Å²) in [5.41, 5.74) is 25.3. The van der Waals surface area contributed by atoms with Gasteiger partial charge in [-0.15, -0.1) is 0 Å². The van der Waals surface area contributed by atoms with Gasteiger partial charge in [0, 0.05) is 13.0 Å². The van der Waals surface area contributed by atoms with Gasteiger partial charge in [-0.2, -0.15) is 0 Å². The molecule has 0 radical (unpaired) electrons. The first-order chi connectivity index (χ1) is 30.4. The summed E-state index contributed by atoms with van der Waals surface area (Å²) >= 11 is 0. The van der Waals surface area contributed by atoms with E-state index in [-0.39, 0.29) is 70.0 Å². The Morgan fingerprint density at radius 1 is 0.484 bits per heavy atom. The fraction of sp³-hybridized carbons (Fsp3) is 0.587. The van der Waals surface area contributed by atoms with Crippen LogP contribution in [0.3, 0.4) is 0 Å². The van der Waals surface area contributed by atoms with Crippen LogP contribution < -0.4 is 54.8 Å². The molecule has 0 spiro atoms. The fourth-order valence-electron chi connectivity index (χ4n) is 6.96. The van der Waals surface area contributed by atoms with Crippen LogP contribution in [0.5, 0.6) is 0 Å². The summed E-state index contributed by atoms with van der Waals surface area (Å²) in [6, 6.07) is 11.2. The number of carboxylic acids is 1. The van der Waals surface area contributed by atoms with Gasteiger partial charge in [0.2, 0.25) is 35.4 Å². The van der Waals surface area contributed by atoms with Gasteiger partial charge in [0.15, 0.2) is 0 Å². The topological polar surface area (TPSA) is 316 Å². The highest BCUT2D eigenvalue weighted by Crippen LogP contribution is 2.11. The van der Waals surface area contributed by atoms with Crippen LogP contribution in [-0.2, 0) is 46.4 Å². The van der Waals surface area contributed by atoms with Gasteiger partial charge in [-0.1, -0.05) is 88.4 Å². The van der Waals surface area contributed by atoms with Crippen molar-refractivity contribution in [2.24, 2.45) is 34.8 Å². The largest absolute Gasteiger partial charge is 0.480 e. The Morgan fingerprint density at radius 2 is 0.906 bits per heavy atom. The number of aliphatic carboxylic acids is 1. The standard InChI is InChI=1S/C46H74N10O8/c1-29(2)25-33(49)40(57)52-36(21-14-23-48)43(60)54-37(46(63)64)19-11-12-24-51-42(59)35(20-13-22-47)53-44(61)38(26-30(3)4)56-45(62)39(28-32-17-9-6-10-18-32)55-41(58)34(50)27-31-15-7-5-8-16-31/h5-10,15-18,29-30,33-39H,11-14,19-28,47-50H2,1-4H3,(H,51,59)(H,52,57)(H,53,61)(H,54,60)(H,55,58)(H,56,62)(H,63,64)/t33-,34-,35-,36-,37+,38-,39-/m1/s1. The average Bonchev–Trinajstić information content (AvgIpc) is 3.25. The van der Waals surface area contributed by atoms with E-state index in [9.17, 15) is 38.7 Å². The number of amides is 6. The van der Waals surface area contributed by atoms with Crippen molar-refractivity contribution in [3.63, 3.8) is 0 Å². The van der Waals surface area contributed by atoms with E-state index in [1.54, 1.807) is 0 Å². The molecule has 0 aliphatic rings. The van der Waals surface area contributed by atoms with Gasteiger partial charge in [0.05, 0.1) is 12.1 Å². The molecule has 0 aliphatic heterocycles. The van der Waals surface area contributed by atoms with Crippen LogP contribution in [0, 0.1) is 11.8 Å². The van der Waals surface area contributed by atoms with E-state index in [0.29, 0.717) is 32.1 Å². The molecular formula is C46H74N10O8. The third-order valence-corrected chi connectivity index (χ3v) is 10.4. The highest BCUT2D eigenvalue weighted by atomic mass is 16.4. The normalized spacial score (nSPS) is 14.5. The number of hydrogen-bond acceptors (Lipinski definition) is 11. The maximum atomic E-state index is 13.9.